The summed E-state index contributed by atoms with van der Waals surface area (Å²) in [5, 5.41) is 9.61. The molecule has 0 fully saturated rings. The summed E-state index contributed by atoms with van der Waals surface area (Å²) in [6, 6.07) is 4.10. The molecule has 0 aliphatic heterocycles. The molecule has 1 rings (SSSR count). The Morgan fingerprint density at radius 2 is 2.05 bits per heavy atom. The third kappa shape index (κ3) is 4.13. The van der Waals surface area contributed by atoms with E-state index in [1.54, 1.807) is 13.8 Å². The predicted molar refractivity (Wildman–Crippen MR) is 71.3 cm³/mol. The molecule has 19 heavy (non-hydrogen) atoms. The topological polar surface area (TPSA) is 66.8 Å². The van der Waals surface area contributed by atoms with E-state index in [0.29, 0.717) is 6.54 Å². The maximum Gasteiger partial charge on any atom is 0.325 e. The van der Waals surface area contributed by atoms with Gasteiger partial charge in [-0.3, -0.25) is 9.59 Å². The highest BCUT2D eigenvalue weighted by Crippen LogP contribution is 2.22. The van der Waals surface area contributed by atoms with E-state index in [2.05, 4.69) is 0 Å². The number of likely N-dealkylation sites (N-methyl/N-ethyl adjacent to an activating group) is 1. The molecule has 0 bridgehead atoms. The number of rotatable bonds is 5. The van der Waals surface area contributed by atoms with Gasteiger partial charge in [0.1, 0.15) is 12.3 Å². The first kappa shape index (κ1) is 15.3. The van der Waals surface area contributed by atoms with Crippen LogP contribution in [0, 0.1) is 0 Å². The molecule has 1 amide bonds. The first-order valence-electron chi connectivity index (χ1n) is 5.93. The van der Waals surface area contributed by atoms with Crippen LogP contribution >= 0.6 is 11.6 Å². The van der Waals surface area contributed by atoms with Crippen LogP contribution in [0.15, 0.2) is 18.2 Å². The van der Waals surface area contributed by atoms with Gasteiger partial charge >= 0.3 is 5.97 Å². The summed E-state index contributed by atoms with van der Waals surface area (Å²) in [5.74, 6) is -0.953. The number of carbonyl (C=O) groups excluding carboxylic acids is 2. The summed E-state index contributed by atoms with van der Waals surface area (Å²) >= 11 is 5.92. The molecular formula is C13H16ClNO4. The second-order valence-electron chi connectivity index (χ2n) is 3.79. The Kier molecular flexibility index (Phi) is 5.63. The summed E-state index contributed by atoms with van der Waals surface area (Å²) in [7, 11) is 0. The van der Waals surface area contributed by atoms with Crippen molar-refractivity contribution in [3.05, 3.63) is 28.8 Å². The number of carbonyl (C=O) groups is 2. The third-order valence-corrected chi connectivity index (χ3v) is 2.80. The number of aromatic hydroxyl groups is 1. The number of benzene rings is 1. The summed E-state index contributed by atoms with van der Waals surface area (Å²) in [5.41, 5.74) is 0.160. The lowest BCUT2D eigenvalue weighted by Gasteiger charge is -2.20. The number of esters is 1. The molecule has 1 N–H and O–H groups in total. The number of ether oxygens (including phenoxy) is 1. The van der Waals surface area contributed by atoms with E-state index in [-0.39, 0.29) is 29.5 Å². The van der Waals surface area contributed by atoms with Crippen LogP contribution in [0.25, 0.3) is 0 Å². The van der Waals surface area contributed by atoms with Gasteiger partial charge < -0.3 is 14.7 Å². The Bertz CT molecular complexity index is 476. The van der Waals surface area contributed by atoms with Crippen LogP contribution in [0.2, 0.25) is 5.02 Å². The van der Waals surface area contributed by atoms with E-state index in [0.717, 1.165) is 0 Å². The number of amides is 1. The third-order valence-electron chi connectivity index (χ3n) is 2.47. The van der Waals surface area contributed by atoms with Gasteiger partial charge in [0.05, 0.1) is 17.2 Å². The van der Waals surface area contributed by atoms with E-state index in [1.165, 1.54) is 23.1 Å². The summed E-state index contributed by atoms with van der Waals surface area (Å²) in [6.45, 7) is 3.90. The molecule has 0 unspecified atom stereocenters. The lowest BCUT2D eigenvalue weighted by Crippen LogP contribution is -2.36. The largest absolute Gasteiger partial charge is 0.508 e. The van der Waals surface area contributed by atoms with Gasteiger partial charge in [-0.1, -0.05) is 11.6 Å². The Morgan fingerprint density at radius 1 is 1.37 bits per heavy atom. The van der Waals surface area contributed by atoms with Crippen LogP contribution in [-0.2, 0) is 9.53 Å². The van der Waals surface area contributed by atoms with Crippen molar-refractivity contribution in [2.75, 3.05) is 19.7 Å². The molecule has 1 aromatic rings. The van der Waals surface area contributed by atoms with Crippen molar-refractivity contribution >= 4 is 23.5 Å². The van der Waals surface area contributed by atoms with Crippen LogP contribution in [-0.4, -0.2) is 41.6 Å². The van der Waals surface area contributed by atoms with Crippen molar-refractivity contribution in [1.82, 2.24) is 4.90 Å². The maximum atomic E-state index is 12.2. The van der Waals surface area contributed by atoms with Crippen LogP contribution in [0.3, 0.4) is 0 Å². The van der Waals surface area contributed by atoms with E-state index in [1.807, 2.05) is 0 Å². The van der Waals surface area contributed by atoms with E-state index < -0.39 is 11.9 Å². The molecule has 0 heterocycles. The number of nitrogens with zero attached hydrogens (tertiary/aromatic N) is 1. The minimum Gasteiger partial charge on any atom is -0.508 e. The highest BCUT2D eigenvalue weighted by atomic mass is 35.5. The highest BCUT2D eigenvalue weighted by Gasteiger charge is 2.20. The van der Waals surface area contributed by atoms with Gasteiger partial charge in [0.25, 0.3) is 5.91 Å². The molecule has 104 valence electrons. The molecule has 0 spiro atoms. The van der Waals surface area contributed by atoms with Crippen molar-refractivity contribution in [3.63, 3.8) is 0 Å². The Morgan fingerprint density at radius 3 is 2.63 bits per heavy atom. The zero-order chi connectivity index (χ0) is 14.4. The van der Waals surface area contributed by atoms with Gasteiger partial charge in [0.2, 0.25) is 0 Å². The summed E-state index contributed by atoms with van der Waals surface area (Å²) in [6.07, 6.45) is 0. The second-order valence-corrected chi connectivity index (χ2v) is 4.20. The second kappa shape index (κ2) is 6.99. The molecule has 0 saturated heterocycles. The predicted octanol–water partition coefficient (Wildman–Crippen LogP) is 2.07. The average molecular weight is 286 g/mol. The molecule has 0 atom stereocenters. The standard InChI is InChI=1S/C13H16ClNO4/c1-3-15(8-12(17)19-4-2)13(18)10-7-9(16)5-6-11(10)14/h5-7,16H,3-4,8H2,1-2H3. The lowest BCUT2D eigenvalue weighted by molar-refractivity contribution is -0.143. The van der Waals surface area contributed by atoms with Crippen molar-refractivity contribution in [1.29, 1.82) is 0 Å². The molecule has 6 heteroatoms. The SMILES string of the molecule is CCOC(=O)CN(CC)C(=O)c1cc(O)ccc1Cl. The Hall–Kier alpha value is -1.75. The van der Waals surface area contributed by atoms with Crippen molar-refractivity contribution in [2.24, 2.45) is 0 Å². The quantitative estimate of drug-likeness (QED) is 0.841. The van der Waals surface area contributed by atoms with Crippen molar-refractivity contribution in [2.45, 2.75) is 13.8 Å². The van der Waals surface area contributed by atoms with Crippen LogP contribution < -0.4 is 0 Å². The number of hydrogen-bond acceptors (Lipinski definition) is 4. The number of phenolic OH excluding ortho intramolecular Hbond substituents is 1. The fourth-order valence-corrected chi connectivity index (χ4v) is 1.74. The maximum absolute atomic E-state index is 12.2. The number of phenols is 1. The monoisotopic (exact) mass is 285 g/mol. The molecular weight excluding hydrogens is 270 g/mol. The van der Waals surface area contributed by atoms with Gasteiger partial charge in [-0.15, -0.1) is 0 Å². The van der Waals surface area contributed by atoms with Crippen LogP contribution in [0.1, 0.15) is 24.2 Å². The van der Waals surface area contributed by atoms with E-state index in [4.69, 9.17) is 16.3 Å². The molecule has 0 aromatic heterocycles. The zero-order valence-corrected chi connectivity index (χ0v) is 11.6. The fraction of sp³-hybridized carbons (Fsp3) is 0.385. The first-order chi connectivity index (χ1) is 8.99. The van der Waals surface area contributed by atoms with Crippen molar-refractivity contribution < 1.29 is 19.4 Å². The molecule has 5 nitrogen and oxygen atoms in total. The van der Waals surface area contributed by atoms with Gasteiger partial charge in [-0.05, 0) is 32.0 Å². The minimum absolute atomic E-state index is 0.0556. The minimum atomic E-state index is -0.478. The first-order valence-corrected chi connectivity index (χ1v) is 6.30. The van der Waals surface area contributed by atoms with Gasteiger partial charge in [0.15, 0.2) is 0 Å². The van der Waals surface area contributed by atoms with E-state index >= 15 is 0 Å². The number of halogens is 1. The average Bonchev–Trinajstić information content (AvgIpc) is 2.38. The molecule has 0 radical (unpaired) electrons. The zero-order valence-electron chi connectivity index (χ0n) is 10.9. The van der Waals surface area contributed by atoms with Gasteiger partial charge in [-0.25, -0.2) is 0 Å². The Labute approximate surface area is 116 Å². The van der Waals surface area contributed by atoms with Crippen molar-refractivity contribution in [3.8, 4) is 5.75 Å². The number of hydrogen-bond donors (Lipinski definition) is 1. The van der Waals surface area contributed by atoms with Gasteiger partial charge in [0, 0.05) is 6.54 Å². The molecule has 0 aliphatic carbocycles. The fourth-order valence-electron chi connectivity index (χ4n) is 1.54. The molecule has 0 aliphatic rings. The van der Waals surface area contributed by atoms with Crippen LogP contribution in [0.4, 0.5) is 0 Å². The summed E-state index contributed by atoms with van der Waals surface area (Å²) < 4.78 is 4.80. The molecule has 1 aromatic carbocycles. The normalized spacial score (nSPS) is 10.1. The highest BCUT2D eigenvalue weighted by molar-refractivity contribution is 6.33. The summed E-state index contributed by atoms with van der Waals surface area (Å²) in [4.78, 5) is 24.9. The van der Waals surface area contributed by atoms with E-state index in [9.17, 15) is 14.7 Å². The van der Waals surface area contributed by atoms with Gasteiger partial charge in [-0.2, -0.15) is 0 Å². The Balaban J connectivity index is 2.89. The molecule has 0 saturated carbocycles. The smallest absolute Gasteiger partial charge is 0.325 e. The van der Waals surface area contributed by atoms with Crippen LogP contribution in [0.5, 0.6) is 5.75 Å². The lowest BCUT2D eigenvalue weighted by atomic mass is 10.2.